The van der Waals surface area contributed by atoms with Crippen molar-refractivity contribution in [3.8, 4) is 5.75 Å². The fourth-order valence-electron chi connectivity index (χ4n) is 2.36. The lowest BCUT2D eigenvalue weighted by atomic mass is 10.0. The van der Waals surface area contributed by atoms with Gasteiger partial charge in [0, 0.05) is 24.2 Å². The summed E-state index contributed by atoms with van der Waals surface area (Å²) in [6.07, 6.45) is 0. The molecule has 1 aromatic rings. The van der Waals surface area contributed by atoms with Gasteiger partial charge in [0.1, 0.15) is 12.4 Å². The zero-order valence-corrected chi connectivity index (χ0v) is 12.6. The van der Waals surface area contributed by atoms with E-state index in [-0.39, 0.29) is 11.4 Å². The third kappa shape index (κ3) is 4.09. The number of amidine groups is 1. The van der Waals surface area contributed by atoms with Crippen molar-refractivity contribution in [2.24, 2.45) is 10.9 Å². The number of oxime groups is 1. The van der Waals surface area contributed by atoms with Crippen LogP contribution in [0.5, 0.6) is 5.75 Å². The molecular weight excluding hydrogens is 270 g/mol. The first kappa shape index (κ1) is 15.6. The first-order valence-electron chi connectivity index (χ1n) is 7.06. The van der Waals surface area contributed by atoms with Crippen molar-refractivity contribution in [1.29, 1.82) is 0 Å². The van der Waals surface area contributed by atoms with E-state index in [0.29, 0.717) is 12.2 Å². The van der Waals surface area contributed by atoms with Crippen molar-refractivity contribution < 1.29 is 14.7 Å². The second kappa shape index (κ2) is 6.78. The first-order valence-corrected chi connectivity index (χ1v) is 7.06. The van der Waals surface area contributed by atoms with Gasteiger partial charge in [-0.15, -0.1) is 0 Å². The number of morpholine rings is 1. The molecule has 2 rings (SSSR count). The molecule has 0 aliphatic carbocycles. The highest BCUT2D eigenvalue weighted by molar-refractivity contribution is 5.97. The Morgan fingerprint density at radius 3 is 2.76 bits per heavy atom. The van der Waals surface area contributed by atoms with E-state index in [1.165, 1.54) is 0 Å². The van der Waals surface area contributed by atoms with E-state index in [4.69, 9.17) is 20.4 Å². The maximum atomic E-state index is 8.61. The fraction of sp³-hybridized carbons (Fsp3) is 0.533. The van der Waals surface area contributed by atoms with Crippen molar-refractivity contribution >= 4 is 5.84 Å². The van der Waals surface area contributed by atoms with Gasteiger partial charge in [-0.2, -0.15) is 0 Å². The molecule has 3 N–H and O–H groups in total. The predicted octanol–water partition coefficient (Wildman–Crippen LogP) is 1.27. The maximum Gasteiger partial charge on any atom is 0.170 e. The van der Waals surface area contributed by atoms with E-state index in [1.54, 1.807) is 12.1 Å². The minimum Gasteiger partial charge on any atom is -0.492 e. The summed E-state index contributed by atoms with van der Waals surface area (Å²) in [5.41, 5.74) is 6.23. The quantitative estimate of drug-likeness (QED) is 0.370. The molecule has 0 spiro atoms. The molecule has 1 aliphatic heterocycles. The summed E-state index contributed by atoms with van der Waals surface area (Å²) in [6, 6.07) is 7.17. The SMILES string of the molecule is CC1(C)COCCN1CCOc1ccc(C(N)=NO)cc1. The van der Waals surface area contributed by atoms with Crippen molar-refractivity contribution in [2.45, 2.75) is 19.4 Å². The summed E-state index contributed by atoms with van der Waals surface area (Å²) < 4.78 is 11.2. The molecule has 116 valence electrons. The summed E-state index contributed by atoms with van der Waals surface area (Å²) >= 11 is 0. The molecule has 1 aromatic carbocycles. The van der Waals surface area contributed by atoms with Crippen LogP contribution >= 0.6 is 0 Å². The highest BCUT2D eigenvalue weighted by Crippen LogP contribution is 2.19. The molecule has 6 nitrogen and oxygen atoms in total. The molecule has 0 radical (unpaired) electrons. The molecule has 1 fully saturated rings. The Balaban J connectivity index is 1.83. The van der Waals surface area contributed by atoms with Gasteiger partial charge < -0.3 is 20.4 Å². The number of hydrogen-bond acceptors (Lipinski definition) is 5. The molecule has 0 atom stereocenters. The highest BCUT2D eigenvalue weighted by Gasteiger charge is 2.29. The van der Waals surface area contributed by atoms with E-state index < -0.39 is 0 Å². The van der Waals surface area contributed by atoms with Crippen LogP contribution in [0.3, 0.4) is 0 Å². The van der Waals surface area contributed by atoms with Crippen LogP contribution in [0.25, 0.3) is 0 Å². The number of ether oxygens (including phenoxy) is 2. The summed E-state index contributed by atoms with van der Waals surface area (Å²) in [4.78, 5) is 2.38. The molecule has 1 saturated heterocycles. The Bertz CT molecular complexity index is 485. The average Bonchev–Trinajstić information content (AvgIpc) is 2.48. The molecule has 0 unspecified atom stereocenters. The number of hydrogen-bond donors (Lipinski definition) is 2. The summed E-state index contributed by atoms with van der Waals surface area (Å²) in [6.45, 7) is 8.29. The predicted molar refractivity (Wildman–Crippen MR) is 80.9 cm³/mol. The second-order valence-electron chi connectivity index (χ2n) is 5.71. The molecule has 0 amide bonds. The number of benzene rings is 1. The van der Waals surface area contributed by atoms with E-state index in [2.05, 4.69) is 23.9 Å². The molecular formula is C15H23N3O3. The number of rotatable bonds is 5. The van der Waals surface area contributed by atoms with Crippen LogP contribution in [0.2, 0.25) is 0 Å². The summed E-state index contributed by atoms with van der Waals surface area (Å²) in [7, 11) is 0. The lowest BCUT2D eigenvalue weighted by Crippen LogP contribution is -2.54. The lowest BCUT2D eigenvalue weighted by Gasteiger charge is -2.41. The first-order chi connectivity index (χ1) is 10.0. The van der Waals surface area contributed by atoms with E-state index in [0.717, 1.165) is 32.1 Å². The highest BCUT2D eigenvalue weighted by atomic mass is 16.5. The van der Waals surface area contributed by atoms with E-state index in [9.17, 15) is 0 Å². The average molecular weight is 293 g/mol. The normalized spacial score (nSPS) is 19.4. The van der Waals surface area contributed by atoms with Gasteiger partial charge in [0.05, 0.1) is 13.2 Å². The number of nitrogens with zero attached hydrogens (tertiary/aromatic N) is 2. The standard InChI is InChI=1S/C15H23N3O3/c1-15(2)11-20-9-7-18(15)8-10-21-13-5-3-12(4-6-13)14(16)17-19/h3-6,19H,7-11H2,1-2H3,(H2,16,17). The molecule has 21 heavy (non-hydrogen) atoms. The Labute approximate surface area is 125 Å². The third-order valence-corrected chi connectivity index (χ3v) is 3.70. The largest absolute Gasteiger partial charge is 0.492 e. The van der Waals surface area contributed by atoms with Gasteiger partial charge >= 0.3 is 0 Å². The van der Waals surface area contributed by atoms with Gasteiger partial charge in [-0.25, -0.2) is 0 Å². The van der Waals surface area contributed by atoms with Gasteiger partial charge in [0.2, 0.25) is 0 Å². The Hall–Kier alpha value is -1.79. The Kier molecular flexibility index (Phi) is 5.03. The lowest BCUT2D eigenvalue weighted by molar-refractivity contribution is -0.0547. The molecule has 1 heterocycles. The summed E-state index contributed by atoms with van der Waals surface area (Å²) in [5, 5.41) is 11.6. The zero-order valence-electron chi connectivity index (χ0n) is 12.6. The van der Waals surface area contributed by atoms with Crippen molar-refractivity contribution in [2.75, 3.05) is 32.9 Å². The van der Waals surface area contributed by atoms with Crippen LogP contribution in [0.4, 0.5) is 0 Å². The second-order valence-corrected chi connectivity index (χ2v) is 5.71. The van der Waals surface area contributed by atoms with Crippen LogP contribution < -0.4 is 10.5 Å². The fourth-order valence-corrected chi connectivity index (χ4v) is 2.36. The minimum atomic E-state index is 0.0531. The minimum absolute atomic E-state index is 0.0531. The van der Waals surface area contributed by atoms with E-state index >= 15 is 0 Å². The smallest absolute Gasteiger partial charge is 0.170 e. The zero-order chi connectivity index (χ0) is 15.3. The van der Waals surface area contributed by atoms with Gasteiger partial charge in [-0.05, 0) is 38.1 Å². The van der Waals surface area contributed by atoms with Crippen molar-refractivity contribution in [3.63, 3.8) is 0 Å². The van der Waals surface area contributed by atoms with Crippen LogP contribution in [0.1, 0.15) is 19.4 Å². The third-order valence-electron chi connectivity index (χ3n) is 3.70. The monoisotopic (exact) mass is 293 g/mol. The van der Waals surface area contributed by atoms with Crippen LogP contribution in [0.15, 0.2) is 29.4 Å². The van der Waals surface area contributed by atoms with E-state index in [1.807, 2.05) is 12.1 Å². The van der Waals surface area contributed by atoms with Crippen LogP contribution in [-0.2, 0) is 4.74 Å². The van der Waals surface area contributed by atoms with Crippen LogP contribution in [0, 0.1) is 0 Å². The Morgan fingerprint density at radius 2 is 2.14 bits per heavy atom. The maximum absolute atomic E-state index is 8.61. The van der Waals surface area contributed by atoms with Gasteiger partial charge in [0.15, 0.2) is 5.84 Å². The van der Waals surface area contributed by atoms with Gasteiger partial charge in [-0.3, -0.25) is 4.90 Å². The molecule has 0 bridgehead atoms. The van der Waals surface area contributed by atoms with Crippen LogP contribution in [-0.4, -0.2) is 54.4 Å². The topological polar surface area (TPSA) is 80.3 Å². The summed E-state index contributed by atoms with van der Waals surface area (Å²) in [5.74, 6) is 0.868. The van der Waals surface area contributed by atoms with Crippen molar-refractivity contribution in [3.05, 3.63) is 29.8 Å². The Morgan fingerprint density at radius 1 is 1.43 bits per heavy atom. The molecule has 6 heteroatoms. The molecule has 1 aliphatic rings. The van der Waals surface area contributed by atoms with Crippen molar-refractivity contribution in [1.82, 2.24) is 4.90 Å². The van der Waals surface area contributed by atoms with Gasteiger partial charge in [-0.1, -0.05) is 5.16 Å². The molecule has 0 saturated carbocycles. The number of nitrogens with two attached hydrogens (primary N) is 1. The molecule has 0 aromatic heterocycles. The van der Waals surface area contributed by atoms with Gasteiger partial charge in [0.25, 0.3) is 0 Å².